The number of ether oxygens (including phenoxy) is 1. The zero-order valence-corrected chi connectivity index (χ0v) is 19.9. The van der Waals surface area contributed by atoms with Gasteiger partial charge in [-0.15, -0.1) is 24.0 Å². The number of likely N-dealkylation sites (N-methyl/N-ethyl adjacent to an activating group) is 2. The van der Waals surface area contributed by atoms with Crippen LogP contribution < -0.4 is 10.6 Å². The van der Waals surface area contributed by atoms with E-state index in [1.807, 2.05) is 7.05 Å². The van der Waals surface area contributed by atoms with Crippen LogP contribution in [0.1, 0.15) is 33.6 Å². The number of aliphatic imine (C=N–C) groups is 1. The number of hydrogen-bond donors (Lipinski definition) is 2. The third-order valence-electron chi connectivity index (χ3n) is 5.54. The minimum absolute atomic E-state index is 0. The first-order chi connectivity index (χ1) is 11.8. The number of hydrogen-bond acceptors (Lipinski definition) is 4. The van der Waals surface area contributed by atoms with Gasteiger partial charge in [0.25, 0.3) is 0 Å². The topological polar surface area (TPSA) is 52.1 Å². The summed E-state index contributed by atoms with van der Waals surface area (Å²) in [4.78, 5) is 9.24. The molecule has 0 saturated carbocycles. The van der Waals surface area contributed by atoms with Crippen LogP contribution >= 0.6 is 24.0 Å². The fraction of sp³-hybridized carbons (Fsp3) is 0.947. The molecular weight excluding hydrogens is 441 g/mol. The van der Waals surface area contributed by atoms with Crippen molar-refractivity contribution < 1.29 is 4.74 Å². The van der Waals surface area contributed by atoms with Crippen LogP contribution in [0.2, 0.25) is 0 Å². The lowest BCUT2D eigenvalue weighted by Gasteiger charge is -2.40. The zero-order valence-electron chi connectivity index (χ0n) is 17.5. The maximum Gasteiger partial charge on any atom is 0.191 e. The van der Waals surface area contributed by atoms with Crippen molar-refractivity contribution in [3.63, 3.8) is 0 Å². The molecule has 154 valence electrons. The minimum Gasteiger partial charge on any atom is -0.377 e. The highest BCUT2D eigenvalue weighted by atomic mass is 127. The van der Waals surface area contributed by atoms with Crippen LogP contribution in [0.5, 0.6) is 0 Å². The Morgan fingerprint density at radius 2 is 1.85 bits per heavy atom. The molecule has 2 rings (SSSR count). The molecule has 2 aliphatic rings. The van der Waals surface area contributed by atoms with Gasteiger partial charge in [-0.1, -0.05) is 20.8 Å². The largest absolute Gasteiger partial charge is 0.377 e. The van der Waals surface area contributed by atoms with Crippen LogP contribution in [0.15, 0.2) is 4.99 Å². The van der Waals surface area contributed by atoms with Gasteiger partial charge in [0.15, 0.2) is 5.96 Å². The minimum atomic E-state index is 0. The van der Waals surface area contributed by atoms with Gasteiger partial charge in [0.1, 0.15) is 0 Å². The Labute approximate surface area is 177 Å². The molecule has 26 heavy (non-hydrogen) atoms. The van der Waals surface area contributed by atoms with E-state index in [-0.39, 0.29) is 29.4 Å². The Morgan fingerprint density at radius 3 is 2.50 bits per heavy atom. The van der Waals surface area contributed by atoms with Crippen LogP contribution in [-0.4, -0.2) is 88.4 Å². The molecule has 2 fully saturated rings. The Kier molecular flexibility index (Phi) is 10.1. The maximum atomic E-state index is 6.09. The Hall–Kier alpha value is -0.120. The van der Waals surface area contributed by atoms with Gasteiger partial charge in [0, 0.05) is 58.3 Å². The smallest absolute Gasteiger partial charge is 0.191 e. The van der Waals surface area contributed by atoms with E-state index in [1.54, 1.807) is 0 Å². The average molecular weight is 481 g/mol. The number of guanidine groups is 1. The summed E-state index contributed by atoms with van der Waals surface area (Å²) < 4.78 is 6.09. The van der Waals surface area contributed by atoms with Crippen LogP contribution in [-0.2, 0) is 4.74 Å². The van der Waals surface area contributed by atoms with Gasteiger partial charge in [0.2, 0.25) is 0 Å². The maximum absolute atomic E-state index is 6.09. The van der Waals surface area contributed by atoms with E-state index in [4.69, 9.17) is 4.74 Å². The SMILES string of the molecule is CN=C(NCC1CCCOC1C(C)(C)C)NCC1CN(C)CCN1C.I. The number of piperazine rings is 1. The van der Waals surface area contributed by atoms with Crippen molar-refractivity contribution in [3.8, 4) is 0 Å². The second-order valence-electron chi connectivity index (χ2n) is 8.79. The summed E-state index contributed by atoms with van der Waals surface area (Å²) in [6.07, 6.45) is 2.69. The third-order valence-corrected chi connectivity index (χ3v) is 5.54. The van der Waals surface area contributed by atoms with Gasteiger partial charge in [-0.05, 0) is 32.4 Å². The quantitative estimate of drug-likeness (QED) is 0.365. The number of halogens is 1. The summed E-state index contributed by atoms with van der Waals surface area (Å²) in [5, 5.41) is 7.05. The Balaban J connectivity index is 0.00000338. The summed E-state index contributed by atoms with van der Waals surface area (Å²) in [6.45, 7) is 12.9. The molecule has 0 aromatic heterocycles. The first kappa shape index (κ1) is 23.9. The molecule has 6 nitrogen and oxygen atoms in total. The molecular formula is C19H40IN5O. The molecule has 0 aromatic rings. The Morgan fingerprint density at radius 1 is 1.15 bits per heavy atom. The van der Waals surface area contributed by atoms with Gasteiger partial charge in [0.05, 0.1) is 6.10 Å². The van der Waals surface area contributed by atoms with Crippen LogP contribution in [0, 0.1) is 11.3 Å². The second-order valence-corrected chi connectivity index (χ2v) is 8.79. The summed E-state index contributed by atoms with van der Waals surface area (Å²) in [5.74, 6) is 1.44. The molecule has 0 amide bonds. The summed E-state index contributed by atoms with van der Waals surface area (Å²) >= 11 is 0. The first-order valence-corrected chi connectivity index (χ1v) is 9.76. The van der Waals surface area contributed by atoms with Crippen molar-refractivity contribution in [1.82, 2.24) is 20.4 Å². The molecule has 0 radical (unpaired) electrons. The number of rotatable bonds is 4. The van der Waals surface area contributed by atoms with Gasteiger partial charge >= 0.3 is 0 Å². The fourth-order valence-electron chi connectivity index (χ4n) is 3.99. The van der Waals surface area contributed by atoms with E-state index < -0.39 is 0 Å². The van der Waals surface area contributed by atoms with Gasteiger partial charge in [-0.25, -0.2) is 0 Å². The van der Waals surface area contributed by atoms with Crippen molar-refractivity contribution in [3.05, 3.63) is 0 Å². The predicted octanol–water partition coefficient (Wildman–Crippen LogP) is 1.86. The number of nitrogens with one attached hydrogen (secondary N) is 2. The van der Waals surface area contributed by atoms with Crippen LogP contribution in [0.3, 0.4) is 0 Å². The lowest BCUT2D eigenvalue weighted by atomic mass is 9.78. The molecule has 0 spiro atoms. The molecule has 0 bridgehead atoms. The molecule has 3 atom stereocenters. The predicted molar refractivity (Wildman–Crippen MR) is 121 cm³/mol. The van der Waals surface area contributed by atoms with Crippen LogP contribution in [0.4, 0.5) is 0 Å². The lowest BCUT2D eigenvalue weighted by Crippen LogP contribution is -2.56. The molecule has 2 heterocycles. The molecule has 0 aromatic carbocycles. The molecule has 2 N–H and O–H groups in total. The highest BCUT2D eigenvalue weighted by Crippen LogP contribution is 2.33. The van der Waals surface area contributed by atoms with Gasteiger partial charge in [-0.3, -0.25) is 9.89 Å². The monoisotopic (exact) mass is 481 g/mol. The van der Waals surface area contributed by atoms with Gasteiger partial charge in [-0.2, -0.15) is 0 Å². The molecule has 3 unspecified atom stereocenters. The van der Waals surface area contributed by atoms with E-state index in [1.165, 1.54) is 6.42 Å². The standard InChI is InChI=1S/C19H39N5O.HI/c1-19(2,3)17-15(8-7-11-25-17)12-21-18(20-4)22-13-16-14-23(5)9-10-24(16)6;/h15-17H,7-14H2,1-6H3,(H2,20,21,22);1H. The summed E-state index contributed by atoms with van der Waals surface area (Å²) in [6, 6.07) is 0.526. The molecule has 7 heteroatoms. The average Bonchev–Trinajstić information content (AvgIpc) is 2.57. The molecule has 2 saturated heterocycles. The molecule has 0 aliphatic carbocycles. The summed E-state index contributed by atoms with van der Waals surface area (Å²) in [7, 11) is 6.26. The zero-order chi connectivity index (χ0) is 18.4. The van der Waals surface area contributed by atoms with E-state index >= 15 is 0 Å². The Bertz CT molecular complexity index is 440. The van der Waals surface area contributed by atoms with Crippen molar-refractivity contribution in [2.45, 2.75) is 45.8 Å². The third kappa shape index (κ3) is 7.13. The van der Waals surface area contributed by atoms with E-state index in [0.29, 0.717) is 18.1 Å². The van der Waals surface area contributed by atoms with Gasteiger partial charge < -0.3 is 20.3 Å². The van der Waals surface area contributed by atoms with Crippen LogP contribution in [0.25, 0.3) is 0 Å². The highest BCUT2D eigenvalue weighted by Gasteiger charge is 2.35. The van der Waals surface area contributed by atoms with E-state index in [9.17, 15) is 0 Å². The van der Waals surface area contributed by atoms with Crippen molar-refractivity contribution >= 4 is 29.9 Å². The lowest BCUT2D eigenvalue weighted by molar-refractivity contribution is -0.0835. The van der Waals surface area contributed by atoms with Crippen molar-refractivity contribution in [2.24, 2.45) is 16.3 Å². The highest BCUT2D eigenvalue weighted by molar-refractivity contribution is 14.0. The number of nitrogens with zero attached hydrogens (tertiary/aromatic N) is 3. The second kappa shape index (κ2) is 11.0. The first-order valence-electron chi connectivity index (χ1n) is 9.76. The molecule has 2 aliphatic heterocycles. The normalized spacial score (nSPS) is 29.2. The van der Waals surface area contributed by atoms with E-state index in [2.05, 4.69) is 60.3 Å². The summed E-state index contributed by atoms with van der Waals surface area (Å²) in [5.41, 5.74) is 0.180. The van der Waals surface area contributed by atoms with E-state index in [0.717, 1.165) is 51.7 Å². The van der Waals surface area contributed by atoms with Crippen molar-refractivity contribution in [2.75, 3.05) is 60.5 Å². The van der Waals surface area contributed by atoms with Crippen molar-refractivity contribution in [1.29, 1.82) is 0 Å². The fourth-order valence-corrected chi connectivity index (χ4v) is 3.99.